The Morgan fingerprint density at radius 1 is 1.10 bits per heavy atom. The van der Waals surface area contributed by atoms with E-state index < -0.39 is 18.5 Å². The molecular weight excluding hydrogens is 398 g/mol. The van der Waals surface area contributed by atoms with Gasteiger partial charge in [-0.15, -0.1) is 0 Å². The number of hydrogen-bond acceptors (Lipinski definition) is 5. The molecule has 0 bridgehead atoms. The normalized spacial score (nSPS) is 13.6. The molecule has 0 unspecified atom stereocenters. The van der Waals surface area contributed by atoms with Crippen LogP contribution in [0.2, 0.25) is 0 Å². The Labute approximate surface area is 180 Å². The minimum Gasteiger partial charge on any atom is -0.451 e. The first-order chi connectivity index (χ1) is 14.8. The zero-order valence-corrected chi connectivity index (χ0v) is 18.0. The third-order valence-electron chi connectivity index (χ3n) is 5.46. The molecule has 3 rings (SSSR count). The van der Waals surface area contributed by atoms with Crippen LogP contribution in [0.4, 0.5) is 5.69 Å². The molecule has 31 heavy (non-hydrogen) atoms. The Morgan fingerprint density at radius 2 is 1.77 bits per heavy atom. The summed E-state index contributed by atoms with van der Waals surface area (Å²) in [5.41, 5.74) is 2.36. The van der Waals surface area contributed by atoms with E-state index in [1.54, 1.807) is 38.1 Å². The van der Waals surface area contributed by atoms with E-state index in [0.717, 1.165) is 25.7 Å². The SMILES string of the molecule is CC(=O)c1c(C)[nH]c(C(=O)OCC(=O)Nc2ccccc2C(=O)NC2CCCC2)c1C. The first-order valence-corrected chi connectivity index (χ1v) is 10.3. The molecule has 2 amide bonds. The molecule has 1 heterocycles. The van der Waals surface area contributed by atoms with Gasteiger partial charge in [0, 0.05) is 17.3 Å². The highest BCUT2D eigenvalue weighted by Crippen LogP contribution is 2.21. The van der Waals surface area contributed by atoms with Crippen LogP contribution in [-0.4, -0.2) is 41.2 Å². The molecule has 2 aromatic rings. The van der Waals surface area contributed by atoms with Gasteiger partial charge in [-0.05, 0) is 51.3 Å². The van der Waals surface area contributed by atoms with Gasteiger partial charge in [0.25, 0.3) is 11.8 Å². The molecule has 0 saturated heterocycles. The van der Waals surface area contributed by atoms with Crippen LogP contribution in [0, 0.1) is 13.8 Å². The van der Waals surface area contributed by atoms with Crippen LogP contribution in [-0.2, 0) is 9.53 Å². The second-order valence-corrected chi connectivity index (χ2v) is 7.81. The lowest BCUT2D eigenvalue weighted by Crippen LogP contribution is -2.33. The number of carbonyl (C=O) groups is 4. The Morgan fingerprint density at radius 3 is 2.42 bits per heavy atom. The maximum absolute atomic E-state index is 12.6. The largest absolute Gasteiger partial charge is 0.451 e. The zero-order chi connectivity index (χ0) is 22.5. The summed E-state index contributed by atoms with van der Waals surface area (Å²) in [6.45, 7) is 4.24. The van der Waals surface area contributed by atoms with Crippen molar-refractivity contribution in [2.24, 2.45) is 0 Å². The molecule has 8 nitrogen and oxygen atoms in total. The summed E-state index contributed by atoms with van der Waals surface area (Å²) < 4.78 is 5.10. The summed E-state index contributed by atoms with van der Waals surface area (Å²) in [6.07, 6.45) is 4.11. The number of ether oxygens (including phenoxy) is 1. The van der Waals surface area contributed by atoms with E-state index in [1.165, 1.54) is 6.92 Å². The molecule has 1 aliphatic rings. The number of Topliss-reactive ketones (excluding diaryl/α,β-unsaturated/α-hetero) is 1. The molecule has 1 fully saturated rings. The van der Waals surface area contributed by atoms with E-state index in [-0.39, 0.29) is 23.4 Å². The van der Waals surface area contributed by atoms with Crippen molar-refractivity contribution in [2.75, 3.05) is 11.9 Å². The summed E-state index contributed by atoms with van der Waals surface area (Å²) in [6, 6.07) is 6.86. The highest BCUT2D eigenvalue weighted by Gasteiger charge is 2.23. The number of esters is 1. The van der Waals surface area contributed by atoms with Gasteiger partial charge in [0.2, 0.25) is 0 Å². The second kappa shape index (κ2) is 9.59. The number of para-hydroxylation sites is 1. The smallest absolute Gasteiger partial charge is 0.355 e. The standard InChI is InChI=1S/C23H27N3O5/c1-13-20(15(3)27)14(2)24-21(13)23(30)31-12-19(28)26-18-11-7-6-10-17(18)22(29)25-16-8-4-5-9-16/h6-7,10-11,16,24H,4-5,8-9,12H2,1-3H3,(H,25,29)(H,26,28). The van der Waals surface area contributed by atoms with Crippen molar-refractivity contribution in [3.8, 4) is 0 Å². The summed E-state index contributed by atoms with van der Waals surface area (Å²) >= 11 is 0. The molecule has 1 aromatic heterocycles. The van der Waals surface area contributed by atoms with Crippen LogP contribution in [0.25, 0.3) is 0 Å². The lowest BCUT2D eigenvalue weighted by Gasteiger charge is -2.15. The molecule has 1 aromatic carbocycles. The Bertz CT molecular complexity index is 1020. The molecular formula is C23H27N3O5. The van der Waals surface area contributed by atoms with Gasteiger partial charge in [0.1, 0.15) is 5.69 Å². The zero-order valence-electron chi connectivity index (χ0n) is 18.0. The molecule has 0 spiro atoms. The fourth-order valence-corrected chi connectivity index (χ4v) is 4.00. The van der Waals surface area contributed by atoms with Crippen LogP contribution in [0.5, 0.6) is 0 Å². The number of carbonyl (C=O) groups excluding carboxylic acids is 4. The van der Waals surface area contributed by atoms with Crippen molar-refractivity contribution in [1.29, 1.82) is 0 Å². The molecule has 0 aliphatic heterocycles. The monoisotopic (exact) mass is 425 g/mol. The summed E-state index contributed by atoms with van der Waals surface area (Å²) in [5, 5.41) is 5.63. The van der Waals surface area contributed by atoms with Gasteiger partial charge in [-0.1, -0.05) is 25.0 Å². The van der Waals surface area contributed by atoms with E-state index in [2.05, 4.69) is 15.6 Å². The Kier molecular flexibility index (Phi) is 6.89. The van der Waals surface area contributed by atoms with E-state index in [0.29, 0.717) is 28.1 Å². The van der Waals surface area contributed by atoms with E-state index in [1.807, 2.05) is 0 Å². The average Bonchev–Trinajstić information content (AvgIpc) is 3.33. The van der Waals surface area contributed by atoms with Gasteiger partial charge in [-0.3, -0.25) is 14.4 Å². The number of benzene rings is 1. The minimum absolute atomic E-state index is 0.145. The highest BCUT2D eigenvalue weighted by atomic mass is 16.5. The van der Waals surface area contributed by atoms with Crippen molar-refractivity contribution in [3.05, 3.63) is 52.3 Å². The average molecular weight is 425 g/mol. The van der Waals surface area contributed by atoms with E-state index in [4.69, 9.17) is 4.74 Å². The molecule has 0 atom stereocenters. The van der Waals surface area contributed by atoms with Crippen molar-refractivity contribution in [1.82, 2.24) is 10.3 Å². The number of amides is 2. The molecule has 1 aliphatic carbocycles. The van der Waals surface area contributed by atoms with Crippen molar-refractivity contribution in [3.63, 3.8) is 0 Å². The summed E-state index contributed by atoms with van der Waals surface area (Å²) in [4.78, 5) is 51.9. The molecule has 3 N–H and O–H groups in total. The number of hydrogen-bond donors (Lipinski definition) is 3. The Balaban J connectivity index is 1.61. The number of ketones is 1. The lowest BCUT2D eigenvalue weighted by atomic mass is 10.1. The number of aromatic nitrogens is 1. The van der Waals surface area contributed by atoms with Gasteiger partial charge in [-0.2, -0.15) is 0 Å². The number of rotatable bonds is 7. The fraction of sp³-hybridized carbons (Fsp3) is 0.391. The maximum atomic E-state index is 12.6. The fourth-order valence-electron chi connectivity index (χ4n) is 4.00. The summed E-state index contributed by atoms with van der Waals surface area (Å²) in [7, 11) is 0. The second-order valence-electron chi connectivity index (χ2n) is 7.81. The van der Waals surface area contributed by atoms with Crippen LogP contribution in [0.3, 0.4) is 0 Å². The third kappa shape index (κ3) is 5.20. The van der Waals surface area contributed by atoms with Crippen LogP contribution < -0.4 is 10.6 Å². The third-order valence-corrected chi connectivity index (χ3v) is 5.46. The molecule has 8 heteroatoms. The van der Waals surface area contributed by atoms with Crippen molar-refractivity contribution >= 4 is 29.3 Å². The lowest BCUT2D eigenvalue weighted by molar-refractivity contribution is -0.119. The van der Waals surface area contributed by atoms with Gasteiger partial charge < -0.3 is 20.4 Å². The van der Waals surface area contributed by atoms with Crippen molar-refractivity contribution < 1.29 is 23.9 Å². The quantitative estimate of drug-likeness (QED) is 0.465. The predicted octanol–water partition coefficient (Wildman–Crippen LogP) is 3.30. The van der Waals surface area contributed by atoms with Gasteiger partial charge in [-0.25, -0.2) is 4.79 Å². The topological polar surface area (TPSA) is 117 Å². The number of anilines is 1. The molecule has 0 radical (unpaired) electrons. The Hall–Kier alpha value is -3.42. The van der Waals surface area contributed by atoms with Crippen molar-refractivity contribution in [2.45, 2.75) is 52.5 Å². The van der Waals surface area contributed by atoms with E-state index in [9.17, 15) is 19.2 Å². The number of aryl methyl sites for hydroxylation is 1. The first kappa shape index (κ1) is 22.3. The number of aromatic amines is 1. The number of H-pyrrole nitrogens is 1. The van der Waals surface area contributed by atoms with Gasteiger partial charge in [0.05, 0.1) is 11.3 Å². The van der Waals surface area contributed by atoms with Crippen LogP contribution >= 0.6 is 0 Å². The van der Waals surface area contributed by atoms with Gasteiger partial charge >= 0.3 is 5.97 Å². The van der Waals surface area contributed by atoms with Crippen LogP contribution in [0.1, 0.15) is 75.1 Å². The predicted molar refractivity (Wildman–Crippen MR) is 115 cm³/mol. The van der Waals surface area contributed by atoms with Gasteiger partial charge in [0.15, 0.2) is 12.4 Å². The molecule has 1 saturated carbocycles. The first-order valence-electron chi connectivity index (χ1n) is 10.3. The maximum Gasteiger partial charge on any atom is 0.355 e. The molecule has 164 valence electrons. The highest BCUT2D eigenvalue weighted by molar-refractivity contribution is 6.05. The number of nitrogens with one attached hydrogen (secondary N) is 3. The summed E-state index contributed by atoms with van der Waals surface area (Å²) in [5.74, 6) is -1.69. The van der Waals surface area contributed by atoms with Crippen LogP contribution in [0.15, 0.2) is 24.3 Å². The minimum atomic E-state index is -0.726. The van der Waals surface area contributed by atoms with E-state index >= 15 is 0 Å².